The maximum atomic E-state index is 5.28. The highest BCUT2D eigenvalue weighted by molar-refractivity contribution is 6.09. The highest BCUT2D eigenvalue weighted by Gasteiger charge is 2.15. The van der Waals surface area contributed by atoms with Crippen molar-refractivity contribution in [2.45, 2.75) is 0 Å². The van der Waals surface area contributed by atoms with E-state index in [2.05, 4.69) is 194 Å². The van der Waals surface area contributed by atoms with Gasteiger partial charge in [-0.15, -0.1) is 0 Å². The van der Waals surface area contributed by atoms with Gasteiger partial charge in [-0.25, -0.2) is 9.97 Å². The zero-order valence-corrected chi connectivity index (χ0v) is 27.4. The van der Waals surface area contributed by atoms with Crippen LogP contribution in [0.15, 0.2) is 194 Å². The van der Waals surface area contributed by atoms with Crippen LogP contribution in [0.3, 0.4) is 0 Å². The fourth-order valence-corrected chi connectivity index (χ4v) is 6.87. The van der Waals surface area contributed by atoms with Gasteiger partial charge in [-0.1, -0.05) is 176 Å². The van der Waals surface area contributed by atoms with Gasteiger partial charge >= 0.3 is 0 Å². The second-order valence-electron chi connectivity index (χ2n) is 12.6. The number of hydrogen-bond donors (Lipinski definition) is 0. The summed E-state index contributed by atoms with van der Waals surface area (Å²) >= 11 is 0. The molecule has 0 aliphatic carbocycles. The highest BCUT2D eigenvalue weighted by Crippen LogP contribution is 2.36. The molecule has 9 rings (SSSR count). The Morgan fingerprint density at radius 1 is 0.260 bits per heavy atom. The first-order valence-corrected chi connectivity index (χ1v) is 17.0. The van der Waals surface area contributed by atoms with Crippen LogP contribution in [0.1, 0.15) is 0 Å². The van der Waals surface area contributed by atoms with E-state index in [4.69, 9.17) is 9.97 Å². The van der Waals surface area contributed by atoms with E-state index in [0.717, 1.165) is 49.6 Å². The third-order valence-corrected chi connectivity index (χ3v) is 9.50. The number of aromatic nitrogens is 2. The van der Waals surface area contributed by atoms with Crippen LogP contribution in [-0.2, 0) is 0 Å². The normalized spacial score (nSPS) is 11.2. The van der Waals surface area contributed by atoms with E-state index < -0.39 is 0 Å². The van der Waals surface area contributed by atoms with Crippen molar-refractivity contribution in [3.05, 3.63) is 194 Å². The standard InChI is InChI=1S/C48H32N2/c1-3-11-33(12-4-1)35-21-23-36(24-22-35)42-18-10-19-43(32-42)46-45-30-29-38-15-7-8-20-44(38)47(45)50-48(49-46)39-27-25-37(26-28-39)41-17-9-16-40(31-41)34-13-5-2-6-14-34/h1-32H. The minimum absolute atomic E-state index is 0.714. The number of rotatable bonds is 6. The molecule has 0 fully saturated rings. The van der Waals surface area contributed by atoms with Crippen LogP contribution in [0, 0.1) is 0 Å². The molecule has 1 aromatic heterocycles. The Hall–Kier alpha value is -6.64. The molecule has 0 unspecified atom stereocenters. The molecule has 0 saturated heterocycles. The lowest BCUT2D eigenvalue weighted by atomic mass is 9.96. The van der Waals surface area contributed by atoms with Crippen LogP contribution in [0.5, 0.6) is 0 Å². The molecule has 50 heavy (non-hydrogen) atoms. The molecular weight excluding hydrogens is 605 g/mol. The lowest BCUT2D eigenvalue weighted by molar-refractivity contribution is 1.23. The molecule has 1 heterocycles. The van der Waals surface area contributed by atoms with Crippen molar-refractivity contribution in [1.29, 1.82) is 0 Å². The zero-order valence-electron chi connectivity index (χ0n) is 27.4. The summed E-state index contributed by atoms with van der Waals surface area (Å²) in [5.41, 5.74) is 13.4. The van der Waals surface area contributed by atoms with E-state index in [1.165, 1.54) is 33.4 Å². The average molecular weight is 637 g/mol. The summed E-state index contributed by atoms with van der Waals surface area (Å²) < 4.78 is 0. The smallest absolute Gasteiger partial charge is 0.160 e. The highest BCUT2D eigenvalue weighted by atomic mass is 14.9. The Labute approximate surface area is 292 Å². The maximum Gasteiger partial charge on any atom is 0.160 e. The van der Waals surface area contributed by atoms with Gasteiger partial charge in [0.2, 0.25) is 0 Å². The van der Waals surface area contributed by atoms with Gasteiger partial charge in [0.05, 0.1) is 11.2 Å². The van der Waals surface area contributed by atoms with E-state index >= 15 is 0 Å². The summed E-state index contributed by atoms with van der Waals surface area (Å²) in [5, 5.41) is 3.33. The summed E-state index contributed by atoms with van der Waals surface area (Å²) in [6, 6.07) is 68.7. The molecule has 0 spiro atoms. The van der Waals surface area contributed by atoms with Crippen LogP contribution in [0.25, 0.3) is 88.8 Å². The number of hydrogen-bond acceptors (Lipinski definition) is 2. The van der Waals surface area contributed by atoms with Crippen molar-refractivity contribution in [3.63, 3.8) is 0 Å². The summed E-state index contributed by atoms with van der Waals surface area (Å²) in [5.74, 6) is 0.714. The monoisotopic (exact) mass is 636 g/mol. The second kappa shape index (κ2) is 12.8. The van der Waals surface area contributed by atoms with Crippen molar-refractivity contribution in [2.75, 3.05) is 0 Å². The van der Waals surface area contributed by atoms with Gasteiger partial charge in [-0.3, -0.25) is 0 Å². The Bertz CT molecular complexity index is 2610. The molecule has 0 aliphatic rings. The molecule has 0 saturated carbocycles. The molecular formula is C48H32N2. The Kier molecular flexibility index (Phi) is 7.53. The van der Waals surface area contributed by atoms with Gasteiger partial charge in [-0.2, -0.15) is 0 Å². The molecule has 0 N–H and O–H groups in total. The topological polar surface area (TPSA) is 25.8 Å². The van der Waals surface area contributed by atoms with Gasteiger partial charge in [0, 0.05) is 21.9 Å². The fraction of sp³-hybridized carbons (Fsp3) is 0. The molecule has 0 atom stereocenters. The van der Waals surface area contributed by atoms with E-state index in [9.17, 15) is 0 Å². The Morgan fingerprint density at radius 3 is 1.32 bits per heavy atom. The van der Waals surface area contributed by atoms with Crippen molar-refractivity contribution in [1.82, 2.24) is 9.97 Å². The van der Waals surface area contributed by atoms with Gasteiger partial charge in [0.25, 0.3) is 0 Å². The van der Waals surface area contributed by atoms with Crippen LogP contribution >= 0.6 is 0 Å². The van der Waals surface area contributed by atoms with Crippen LogP contribution in [0.4, 0.5) is 0 Å². The number of benzene rings is 8. The van der Waals surface area contributed by atoms with Gasteiger partial charge in [-0.05, 0) is 68.1 Å². The predicted octanol–water partition coefficient (Wildman–Crippen LogP) is 12.8. The summed E-state index contributed by atoms with van der Waals surface area (Å²) in [6.07, 6.45) is 0. The summed E-state index contributed by atoms with van der Waals surface area (Å²) in [4.78, 5) is 10.5. The Balaban J connectivity index is 1.13. The quantitative estimate of drug-likeness (QED) is 0.170. The fourth-order valence-electron chi connectivity index (χ4n) is 6.87. The minimum atomic E-state index is 0.714. The lowest BCUT2D eigenvalue weighted by Crippen LogP contribution is -1.96. The molecule has 0 aliphatic heterocycles. The molecule has 8 aromatic carbocycles. The van der Waals surface area contributed by atoms with Crippen molar-refractivity contribution in [3.8, 4) is 67.2 Å². The molecule has 2 heteroatoms. The van der Waals surface area contributed by atoms with E-state index in [1.54, 1.807) is 0 Å². The van der Waals surface area contributed by atoms with Crippen LogP contribution in [-0.4, -0.2) is 9.97 Å². The van der Waals surface area contributed by atoms with Crippen molar-refractivity contribution in [2.24, 2.45) is 0 Å². The molecule has 0 amide bonds. The number of nitrogens with zero attached hydrogens (tertiary/aromatic N) is 2. The van der Waals surface area contributed by atoms with Crippen LogP contribution in [0.2, 0.25) is 0 Å². The first kappa shape index (κ1) is 29.5. The summed E-state index contributed by atoms with van der Waals surface area (Å²) in [6.45, 7) is 0. The van der Waals surface area contributed by atoms with Gasteiger partial charge < -0.3 is 0 Å². The second-order valence-corrected chi connectivity index (χ2v) is 12.6. The van der Waals surface area contributed by atoms with Gasteiger partial charge in [0.15, 0.2) is 5.82 Å². The third kappa shape index (κ3) is 5.63. The van der Waals surface area contributed by atoms with Crippen molar-refractivity contribution < 1.29 is 0 Å². The van der Waals surface area contributed by atoms with Crippen molar-refractivity contribution >= 4 is 21.7 Å². The maximum absolute atomic E-state index is 5.28. The SMILES string of the molecule is c1ccc(-c2ccc(-c3cccc(-c4nc(-c5ccc(-c6cccc(-c7ccccc7)c6)cc5)nc5c4ccc4ccccc45)c3)cc2)cc1. The lowest BCUT2D eigenvalue weighted by Gasteiger charge is -2.13. The van der Waals surface area contributed by atoms with Crippen LogP contribution < -0.4 is 0 Å². The number of fused-ring (bicyclic) bond motifs is 3. The zero-order chi connectivity index (χ0) is 33.3. The molecule has 234 valence electrons. The average Bonchev–Trinajstić information content (AvgIpc) is 3.21. The summed E-state index contributed by atoms with van der Waals surface area (Å²) in [7, 11) is 0. The predicted molar refractivity (Wildman–Crippen MR) is 210 cm³/mol. The van der Waals surface area contributed by atoms with E-state index in [-0.39, 0.29) is 0 Å². The minimum Gasteiger partial charge on any atom is -0.227 e. The van der Waals surface area contributed by atoms with Gasteiger partial charge in [0.1, 0.15) is 0 Å². The largest absolute Gasteiger partial charge is 0.227 e. The van der Waals surface area contributed by atoms with E-state index in [1.807, 2.05) is 0 Å². The van der Waals surface area contributed by atoms with E-state index in [0.29, 0.717) is 5.82 Å². The first-order valence-electron chi connectivity index (χ1n) is 17.0. The Morgan fingerprint density at radius 2 is 0.700 bits per heavy atom. The third-order valence-electron chi connectivity index (χ3n) is 9.50. The first-order chi connectivity index (χ1) is 24.8. The molecule has 9 aromatic rings. The molecule has 0 radical (unpaired) electrons. The molecule has 2 nitrogen and oxygen atoms in total. The molecule has 0 bridgehead atoms.